The zero-order chi connectivity index (χ0) is 86.7. The van der Waals surface area contributed by atoms with Crippen molar-refractivity contribution in [3.63, 3.8) is 0 Å². The van der Waals surface area contributed by atoms with E-state index in [0.29, 0.717) is 103 Å². The number of ketones is 1. The van der Waals surface area contributed by atoms with Crippen molar-refractivity contribution in [1.29, 1.82) is 0 Å². The topological polar surface area (TPSA) is 481 Å². The van der Waals surface area contributed by atoms with Gasteiger partial charge in [0.25, 0.3) is 0 Å². The summed E-state index contributed by atoms with van der Waals surface area (Å²) in [6.07, 6.45) is 13.0. The van der Waals surface area contributed by atoms with Crippen LogP contribution in [0.2, 0.25) is 0 Å². The molecule has 6 fully saturated rings. The zero-order valence-electron chi connectivity index (χ0n) is 70.9. The van der Waals surface area contributed by atoms with E-state index in [1.165, 1.54) is 25.0 Å². The second-order valence-electron chi connectivity index (χ2n) is 34.7. The first-order valence-electron chi connectivity index (χ1n) is 43.7. The number of carbonyl (C=O) groups is 12. The maximum Gasteiger partial charge on any atom is 0.315 e. The molecule has 2 aromatic rings. The fraction of sp³-hybridized carbons (Fsp3) is 0.724. The molecule has 2 saturated heterocycles. The van der Waals surface area contributed by atoms with Crippen LogP contribution in [-0.2, 0) is 84.5 Å². The number of Topliss-reactive ketones (excluding diaryl/α,β-unsaturated/α-hetero) is 1. The van der Waals surface area contributed by atoms with Crippen LogP contribution in [0.25, 0.3) is 0 Å². The number of phenols is 1. The summed E-state index contributed by atoms with van der Waals surface area (Å²) in [7, 11) is 0. The average Bonchev–Trinajstić information content (AvgIpc) is 1.45. The normalized spacial score (nSPS) is 24.8. The van der Waals surface area contributed by atoms with Gasteiger partial charge in [-0.2, -0.15) is 11.8 Å². The number of urea groups is 1. The molecule has 33 heteroatoms. The first kappa shape index (κ1) is 97.4. The number of aliphatic hydroxyl groups is 2. The molecule has 18 atom stereocenters. The Kier molecular flexibility index (Phi) is 40.5. The van der Waals surface area contributed by atoms with Gasteiger partial charge in [-0.25, -0.2) is 4.79 Å². The number of hydrogen-bond acceptors (Lipinski definition) is 21. The molecule has 3 unspecified atom stereocenters. The van der Waals surface area contributed by atoms with Crippen molar-refractivity contribution < 1.29 is 96.9 Å². The summed E-state index contributed by atoms with van der Waals surface area (Å²) in [6.45, 7) is 10.7. The molecule has 120 heavy (non-hydrogen) atoms. The van der Waals surface area contributed by atoms with E-state index in [4.69, 9.17) is 24.7 Å². The van der Waals surface area contributed by atoms with Crippen molar-refractivity contribution in [3.8, 4) is 5.75 Å². The third-order valence-electron chi connectivity index (χ3n) is 25.7. The van der Waals surface area contributed by atoms with E-state index in [1.807, 2.05) is 25.6 Å². The van der Waals surface area contributed by atoms with Crippen molar-refractivity contribution in [2.24, 2.45) is 63.9 Å². The number of benzene rings is 2. The maximum atomic E-state index is 14.1. The van der Waals surface area contributed by atoms with Crippen molar-refractivity contribution in [2.75, 3.05) is 97.9 Å². The Hall–Kier alpha value is -8.05. The highest BCUT2D eigenvalue weighted by Crippen LogP contribution is 2.68. The molecule has 4 aliphatic carbocycles. The molecular weight excluding hydrogens is 1570 g/mol. The number of nitrogens with two attached hydrogens (primary N) is 1. The number of ether oxygens (including phenoxy) is 4. The minimum absolute atomic E-state index is 0.0193. The lowest BCUT2D eigenvalue weighted by molar-refractivity contribution is -0.175. The number of fused-ring (bicyclic) bond motifs is 6. The molecule has 0 radical (unpaired) electrons. The molecule has 0 aromatic heterocycles. The highest BCUT2D eigenvalue weighted by Gasteiger charge is 2.64. The van der Waals surface area contributed by atoms with Crippen LogP contribution in [0.4, 0.5) is 4.79 Å². The van der Waals surface area contributed by atoms with Crippen molar-refractivity contribution in [3.05, 3.63) is 65.7 Å². The molecule has 17 N–H and O–H groups in total. The summed E-state index contributed by atoms with van der Waals surface area (Å²) in [4.78, 5) is 157. The molecule has 11 amide bonds. The lowest BCUT2D eigenvalue weighted by Gasteiger charge is -2.62. The predicted molar refractivity (Wildman–Crippen MR) is 450 cm³/mol. The van der Waals surface area contributed by atoms with Crippen LogP contribution < -0.4 is 64.2 Å². The SMILES string of the molecule is CC(C)C[C@H](NC(=O)[C@H](Cc1ccccc1)NC(=O)CNC(=O)CNC(=O)[C@@H](N)Cc1ccc(O)cc1)C(=O)NCCCCC(NC(=O)COCCOCCNC(=O)COCCOCCNC(=O)CCC(C)[C@@H]1CC[C@H]2[C@@H]3CC[C@@H]4C[C@H](O)CC[C@]4(C)[C@H]3C[C@H](O)[C@]12C)C(=O)CC(CCCCNC(=O)CCCC[C@@H]1SC[C@@H]2NC(=O)N[C@@H]21)C(=O)O. The Morgan fingerprint density at radius 3 is 1.93 bits per heavy atom. The Bertz CT molecular complexity index is 3650. The van der Waals surface area contributed by atoms with Crippen LogP contribution in [0.3, 0.4) is 0 Å². The lowest BCUT2D eigenvalue weighted by Crippen LogP contribution is -2.58. The number of phenolic OH excluding ortho intramolecular Hbond substituents is 1. The Morgan fingerprint density at radius 1 is 0.575 bits per heavy atom. The third kappa shape index (κ3) is 31.1. The number of amides is 11. The van der Waals surface area contributed by atoms with Gasteiger partial charge in [0, 0.05) is 62.9 Å². The van der Waals surface area contributed by atoms with E-state index in [2.05, 4.69) is 79.3 Å². The van der Waals surface area contributed by atoms with E-state index in [-0.39, 0.29) is 168 Å². The molecule has 2 heterocycles. The summed E-state index contributed by atoms with van der Waals surface area (Å²) in [5, 5.41) is 72.9. The van der Waals surface area contributed by atoms with E-state index in [1.54, 1.807) is 42.5 Å². The standard InChI is InChI=1S/C87H136N12O20S/c1-54(2)43-68(97-83(112)69(45-56-15-7-6-8-16-56)96-77(107)50-93-76(106)49-94-81(110)66(88)44-57-22-25-60(100)26-23-57)82(111)92-34-14-12-18-67(71(102)46-58(84(113)114)17-11-13-33-89-74(104)20-10-9-19-72-80-70(53-120-72)98-85(115)99-80)95-79(109)52-119-42-40-117-38-36-91-78(108)51-118-41-39-116-37-35-90-75(105)30-21-55(3)63-28-29-64-62-27-24-59-47-61(101)31-32-86(59,4)65(62)48-73(103)87(63,64)5/h6-8,15-16,22-23,25-26,54-55,58-59,61-70,72-73,80,100-101,103H,9-14,17-21,24,27-53,88H2,1-5H3,(H,89,104)(H,90,105)(H,91,108)(H,92,111)(H,93,106)(H,94,110)(H,95,109)(H,96,107)(H,97,112)(H,113,114)(H2,98,99,115)/t55?,58?,59-,61-,62+,63+,64+,65+,66+,67?,68+,69+,70+,72+,73+,80+,86+,87-/m1/s1. The first-order valence-corrected chi connectivity index (χ1v) is 44.8. The number of carboxylic acids is 1. The van der Waals surface area contributed by atoms with E-state index >= 15 is 0 Å². The van der Waals surface area contributed by atoms with Crippen LogP contribution in [0.1, 0.15) is 187 Å². The minimum Gasteiger partial charge on any atom is -0.508 e. The number of carbonyl (C=O) groups excluding carboxylic acids is 11. The first-order chi connectivity index (χ1) is 57.5. The predicted octanol–water partition coefficient (Wildman–Crippen LogP) is 3.90. The quantitative estimate of drug-likeness (QED) is 0.0330. The van der Waals surface area contributed by atoms with Gasteiger partial charge in [-0.3, -0.25) is 52.7 Å². The number of carboxylic acid groups (broad SMARTS) is 1. The zero-order valence-corrected chi connectivity index (χ0v) is 71.7. The van der Waals surface area contributed by atoms with Gasteiger partial charge in [0.15, 0.2) is 5.78 Å². The Morgan fingerprint density at radius 2 is 1.22 bits per heavy atom. The van der Waals surface area contributed by atoms with E-state index in [0.717, 1.165) is 63.5 Å². The van der Waals surface area contributed by atoms with Crippen LogP contribution in [0.5, 0.6) is 5.75 Å². The molecule has 0 spiro atoms. The van der Waals surface area contributed by atoms with Gasteiger partial charge in [-0.1, -0.05) is 89.9 Å². The van der Waals surface area contributed by atoms with E-state index < -0.39 is 103 Å². The Balaban J connectivity index is 0.711. The van der Waals surface area contributed by atoms with Gasteiger partial charge in [-0.15, -0.1) is 0 Å². The van der Waals surface area contributed by atoms with Crippen molar-refractivity contribution >= 4 is 82.7 Å². The second-order valence-corrected chi connectivity index (χ2v) is 36.0. The molecule has 670 valence electrons. The molecule has 4 saturated carbocycles. The maximum absolute atomic E-state index is 14.1. The summed E-state index contributed by atoms with van der Waals surface area (Å²) < 4.78 is 22.3. The number of aliphatic carboxylic acids is 1. The Labute approximate surface area is 710 Å². The molecule has 2 aliphatic heterocycles. The van der Waals surface area contributed by atoms with Crippen molar-refractivity contribution in [2.45, 2.75) is 242 Å². The number of rotatable bonds is 55. The summed E-state index contributed by atoms with van der Waals surface area (Å²) in [5.41, 5.74) is 7.42. The second kappa shape index (κ2) is 49.9. The van der Waals surface area contributed by atoms with Gasteiger partial charge in [-0.05, 0) is 191 Å². The highest BCUT2D eigenvalue weighted by atomic mass is 32.2. The number of aliphatic hydroxyl groups excluding tert-OH is 2. The number of hydrogen-bond donors (Lipinski definition) is 16. The molecule has 8 rings (SSSR count). The molecular formula is C87H136N12O20S. The van der Waals surface area contributed by atoms with Crippen LogP contribution in [0.15, 0.2) is 54.6 Å². The molecule has 6 aliphatic rings. The number of thioether (sulfide) groups is 1. The highest BCUT2D eigenvalue weighted by molar-refractivity contribution is 8.00. The van der Waals surface area contributed by atoms with Gasteiger partial charge in [0.05, 0.1) is 95.0 Å². The number of aromatic hydroxyl groups is 1. The number of unbranched alkanes of at least 4 members (excludes halogenated alkanes) is 3. The molecule has 32 nitrogen and oxygen atoms in total. The van der Waals surface area contributed by atoms with Crippen LogP contribution in [0, 0.1) is 58.2 Å². The molecule has 0 bridgehead atoms. The monoisotopic (exact) mass is 1700 g/mol. The lowest BCUT2D eigenvalue weighted by atomic mass is 9.43. The largest absolute Gasteiger partial charge is 0.508 e. The number of nitrogens with one attached hydrogen (secondary N) is 11. The van der Waals surface area contributed by atoms with Gasteiger partial charge >= 0.3 is 12.0 Å². The summed E-state index contributed by atoms with van der Waals surface area (Å²) >= 11 is 1.82. The van der Waals surface area contributed by atoms with Crippen LogP contribution in [-0.4, -0.2) is 243 Å². The minimum atomic E-state index is -1.20. The summed E-state index contributed by atoms with van der Waals surface area (Å²) in [6, 6.07) is 10.6. The van der Waals surface area contributed by atoms with Gasteiger partial charge in [0.1, 0.15) is 31.0 Å². The van der Waals surface area contributed by atoms with Crippen LogP contribution >= 0.6 is 11.8 Å². The van der Waals surface area contributed by atoms with Gasteiger partial charge in [0.2, 0.25) is 53.2 Å². The van der Waals surface area contributed by atoms with E-state index in [9.17, 15) is 78.0 Å². The fourth-order valence-corrected chi connectivity index (χ4v) is 20.7. The summed E-state index contributed by atoms with van der Waals surface area (Å²) in [5.74, 6) is -3.68. The molecule has 2 aromatic carbocycles. The smallest absolute Gasteiger partial charge is 0.315 e. The fourth-order valence-electron chi connectivity index (χ4n) is 19.1. The van der Waals surface area contributed by atoms with Gasteiger partial charge < -0.3 is 104 Å². The van der Waals surface area contributed by atoms with Crippen molar-refractivity contribution in [1.82, 2.24) is 58.5 Å². The third-order valence-corrected chi connectivity index (χ3v) is 27.2. The average molecular weight is 1700 g/mol.